The summed E-state index contributed by atoms with van der Waals surface area (Å²) in [6.45, 7) is 6.14. The van der Waals surface area contributed by atoms with E-state index >= 15 is 0 Å². The second-order valence-electron chi connectivity index (χ2n) is 6.90. The lowest BCUT2D eigenvalue weighted by atomic mass is 10.0. The SMILES string of the molecule is C1CCCCC1.CC(C)OC=O.Cc1nc(-c2cnn(C)c2CN)ncc1O. The van der Waals surface area contributed by atoms with Crippen LogP contribution < -0.4 is 5.73 Å². The van der Waals surface area contributed by atoms with Gasteiger partial charge in [0, 0.05) is 13.6 Å². The van der Waals surface area contributed by atoms with Crippen LogP contribution >= 0.6 is 0 Å². The zero-order valence-electron chi connectivity index (χ0n) is 17.4. The fourth-order valence-electron chi connectivity index (χ4n) is 2.65. The van der Waals surface area contributed by atoms with Crippen molar-refractivity contribution < 1.29 is 14.6 Å². The second-order valence-corrected chi connectivity index (χ2v) is 6.90. The van der Waals surface area contributed by atoms with Gasteiger partial charge in [-0.1, -0.05) is 38.5 Å². The monoisotopic (exact) mass is 391 g/mol. The number of hydrogen-bond acceptors (Lipinski definition) is 7. The average molecular weight is 392 g/mol. The maximum atomic E-state index is 9.39. The smallest absolute Gasteiger partial charge is 0.293 e. The number of ether oxygens (including phenoxy) is 1. The fraction of sp³-hybridized carbons (Fsp3) is 0.600. The van der Waals surface area contributed by atoms with Gasteiger partial charge in [-0.15, -0.1) is 0 Å². The van der Waals surface area contributed by atoms with Crippen LogP contribution in [0.15, 0.2) is 12.4 Å². The zero-order valence-corrected chi connectivity index (χ0v) is 17.4. The first-order valence-corrected chi connectivity index (χ1v) is 9.73. The summed E-state index contributed by atoms with van der Waals surface area (Å²) < 4.78 is 6.06. The van der Waals surface area contributed by atoms with Crippen LogP contribution in [-0.2, 0) is 23.1 Å². The fourth-order valence-corrected chi connectivity index (χ4v) is 2.65. The number of hydrogen-bond donors (Lipinski definition) is 2. The lowest BCUT2D eigenvalue weighted by Gasteiger charge is -2.05. The summed E-state index contributed by atoms with van der Waals surface area (Å²) in [5.74, 6) is 0.616. The van der Waals surface area contributed by atoms with Crippen LogP contribution in [0.5, 0.6) is 5.75 Å². The number of aromatic hydroxyl groups is 1. The van der Waals surface area contributed by atoms with Gasteiger partial charge in [0.05, 0.1) is 35.4 Å². The van der Waals surface area contributed by atoms with Crippen molar-refractivity contribution in [2.45, 2.75) is 71.9 Å². The predicted molar refractivity (Wildman–Crippen MR) is 109 cm³/mol. The van der Waals surface area contributed by atoms with E-state index in [0.717, 1.165) is 11.3 Å². The molecule has 2 aromatic heterocycles. The highest BCUT2D eigenvalue weighted by atomic mass is 16.5. The largest absolute Gasteiger partial charge is 0.504 e. The van der Waals surface area contributed by atoms with Crippen molar-refractivity contribution in [3.63, 3.8) is 0 Å². The highest BCUT2D eigenvalue weighted by Gasteiger charge is 2.12. The van der Waals surface area contributed by atoms with Crippen molar-refractivity contribution in [2.75, 3.05) is 0 Å². The van der Waals surface area contributed by atoms with Gasteiger partial charge in [0.25, 0.3) is 6.47 Å². The van der Waals surface area contributed by atoms with Crippen molar-refractivity contribution in [1.29, 1.82) is 0 Å². The summed E-state index contributed by atoms with van der Waals surface area (Å²) in [5.41, 5.74) is 7.84. The van der Waals surface area contributed by atoms with Crippen LogP contribution in [0, 0.1) is 6.92 Å². The molecule has 8 nitrogen and oxygen atoms in total. The Morgan fingerprint density at radius 2 is 1.79 bits per heavy atom. The standard InChI is InChI=1S/C10H13N5O.C6H12.C4H8O2/c1-6-9(16)5-12-10(14-6)7-4-13-15(2)8(7)3-11;1-2-4-6-5-3-1;1-4(2)6-3-5/h4-5,16H,3,11H2,1-2H3;1-6H2;3-4H,1-2H3. The Balaban J connectivity index is 0.000000268. The van der Waals surface area contributed by atoms with E-state index in [2.05, 4.69) is 19.8 Å². The van der Waals surface area contributed by atoms with E-state index in [4.69, 9.17) is 5.73 Å². The van der Waals surface area contributed by atoms with Crippen molar-refractivity contribution in [3.8, 4) is 17.1 Å². The number of aryl methyl sites for hydroxylation is 2. The van der Waals surface area contributed by atoms with E-state index < -0.39 is 0 Å². The molecule has 1 fully saturated rings. The van der Waals surface area contributed by atoms with E-state index in [1.807, 2.05) is 7.05 Å². The zero-order chi connectivity index (χ0) is 20.9. The van der Waals surface area contributed by atoms with Gasteiger partial charge in [0.15, 0.2) is 11.6 Å². The van der Waals surface area contributed by atoms with Gasteiger partial charge in [-0.3, -0.25) is 9.48 Å². The van der Waals surface area contributed by atoms with Gasteiger partial charge >= 0.3 is 0 Å². The van der Waals surface area contributed by atoms with Crippen LogP contribution in [-0.4, -0.2) is 37.4 Å². The maximum absolute atomic E-state index is 9.39. The summed E-state index contributed by atoms with van der Waals surface area (Å²) in [7, 11) is 1.82. The number of nitrogens with zero attached hydrogens (tertiary/aromatic N) is 4. The van der Waals surface area contributed by atoms with Crippen molar-refractivity contribution in [1.82, 2.24) is 19.7 Å². The quantitative estimate of drug-likeness (QED) is 0.768. The van der Waals surface area contributed by atoms with Gasteiger partial charge in [0.1, 0.15) is 0 Å². The molecule has 1 aliphatic rings. The lowest BCUT2D eigenvalue weighted by molar-refractivity contribution is -0.131. The Hall–Kier alpha value is -2.48. The highest BCUT2D eigenvalue weighted by Crippen LogP contribution is 2.21. The van der Waals surface area contributed by atoms with Crippen LogP contribution in [0.1, 0.15) is 63.8 Å². The minimum atomic E-state index is 0.0301. The van der Waals surface area contributed by atoms with E-state index in [9.17, 15) is 9.90 Å². The molecule has 2 aromatic rings. The molecule has 1 saturated carbocycles. The Morgan fingerprint density at radius 3 is 2.18 bits per heavy atom. The van der Waals surface area contributed by atoms with Gasteiger partial charge in [-0.05, 0) is 20.8 Å². The molecular weight excluding hydrogens is 358 g/mol. The molecule has 0 aromatic carbocycles. The molecule has 0 aliphatic heterocycles. The Morgan fingerprint density at radius 1 is 1.21 bits per heavy atom. The Labute approximate surface area is 167 Å². The molecule has 2 heterocycles. The second kappa shape index (κ2) is 12.8. The van der Waals surface area contributed by atoms with E-state index in [-0.39, 0.29) is 11.9 Å². The summed E-state index contributed by atoms with van der Waals surface area (Å²) in [5, 5.41) is 13.5. The normalized spacial score (nSPS) is 13.1. The molecule has 0 radical (unpaired) electrons. The first-order valence-electron chi connectivity index (χ1n) is 9.73. The molecule has 0 unspecified atom stereocenters. The van der Waals surface area contributed by atoms with Crippen LogP contribution in [0.3, 0.4) is 0 Å². The Bertz CT molecular complexity index is 700. The van der Waals surface area contributed by atoms with Crippen LogP contribution in [0.2, 0.25) is 0 Å². The first-order chi connectivity index (χ1) is 13.4. The number of aromatic nitrogens is 4. The average Bonchev–Trinajstić information content (AvgIpc) is 3.07. The number of rotatable bonds is 4. The summed E-state index contributed by atoms with van der Waals surface area (Å²) in [4.78, 5) is 17.6. The summed E-state index contributed by atoms with van der Waals surface area (Å²) in [6, 6.07) is 0. The molecule has 3 rings (SSSR count). The topological polar surface area (TPSA) is 116 Å². The molecule has 0 amide bonds. The first kappa shape index (κ1) is 23.6. The number of nitrogens with two attached hydrogens (primary N) is 1. The molecule has 8 heteroatoms. The molecule has 0 atom stereocenters. The lowest BCUT2D eigenvalue weighted by Crippen LogP contribution is -2.06. The third-order valence-corrected chi connectivity index (χ3v) is 4.28. The van der Waals surface area contributed by atoms with Crippen molar-refractivity contribution >= 4 is 6.47 Å². The molecule has 156 valence electrons. The highest BCUT2D eigenvalue weighted by molar-refractivity contribution is 5.57. The molecule has 1 aliphatic carbocycles. The molecular formula is C20H33N5O3. The van der Waals surface area contributed by atoms with Crippen LogP contribution in [0.4, 0.5) is 0 Å². The summed E-state index contributed by atoms with van der Waals surface area (Å²) in [6.07, 6.45) is 12.1. The van der Waals surface area contributed by atoms with Crippen LogP contribution in [0.25, 0.3) is 11.4 Å². The molecule has 3 N–H and O–H groups in total. The predicted octanol–water partition coefficient (Wildman–Crippen LogP) is 3.26. The van der Waals surface area contributed by atoms with Gasteiger partial charge in [0.2, 0.25) is 0 Å². The third-order valence-electron chi connectivity index (χ3n) is 4.28. The van der Waals surface area contributed by atoms with Gasteiger partial charge in [-0.2, -0.15) is 5.10 Å². The molecule has 0 saturated heterocycles. The Kier molecular flexibility index (Phi) is 10.8. The third kappa shape index (κ3) is 8.04. The van der Waals surface area contributed by atoms with E-state index in [0.29, 0.717) is 24.5 Å². The summed E-state index contributed by atoms with van der Waals surface area (Å²) >= 11 is 0. The number of carbonyl (C=O) groups is 1. The van der Waals surface area contributed by atoms with E-state index in [1.165, 1.54) is 44.7 Å². The maximum Gasteiger partial charge on any atom is 0.293 e. The van der Waals surface area contributed by atoms with Gasteiger partial charge < -0.3 is 15.6 Å². The number of carbonyl (C=O) groups excluding carboxylic acids is 1. The molecule has 28 heavy (non-hydrogen) atoms. The van der Waals surface area contributed by atoms with Gasteiger partial charge in [-0.25, -0.2) is 9.97 Å². The van der Waals surface area contributed by atoms with E-state index in [1.54, 1.807) is 31.6 Å². The molecule has 0 spiro atoms. The van der Waals surface area contributed by atoms with Crippen molar-refractivity contribution in [3.05, 3.63) is 23.8 Å². The molecule has 0 bridgehead atoms. The minimum absolute atomic E-state index is 0.0301. The minimum Gasteiger partial charge on any atom is -0.504 e. The van der Waals surface area contributed by atoms with Crippen molar-refractivity contribution in [2.24, 2.45) is 12.8 Å².